The lowest BCUT2D eigenvalue weighted by Gasteiger charge is -2.54. The van der Waals surface area contributed by atoms with Gasteiger partial charge in [0.15, 0.2) is 0 Å². The second-order valence-electron chi connectivity index (χ2n) is 4.82. The number of hydrogen-bond donors (Lipinski definition) is 0. The molecule has 76 valence electrons. The SMILES string of the molecule is CC(I)N1CCCC2(CN(C)C2)C1. The second-order valence-corrected chi connectivity index (χ2v) is 6.62. The molecule has 2 saturated heterocycles. The van der Waals surface area contributed by atoms with Crippen LogP contribution in [0.4, 0.5) is 0 Å². The molecule has 0 aliphatic carbocycles. The van der Waals surface area contributed by atoms with Crippen LogP contribution in [0, 0.1) is 5.41 Å². The molecule has 2 heterocycles. The first-order chi connectivity index (χ1) is 6.11. The third-order valence-corrected chi connectivity index (χ3v) is 4.19. The van der Waals surface area contributed by atoms with Gasteiger partial charge in [-0.05, 0) is 33.4 Å². The van der Waals surface area contributed by atoms with Gasteiger partial charge in [0, 0.05) is 25.0 Å². The van der Waals surface area contributed by atoms with Crippen LogP contribution in [-0.2, 0) is 0 Å². The number of halogens is 1. The van der Waals surface area contributed by atoms with Crippen molar-refractivity contribution >= 4 is 22.6 Å². The molecule has 0 radical (unpaired) electrons. The van der Waals surface area contributed by atoms with Crippen molar-refractivity contribution in [3.63, 3.8) is 0 Å². The fourth-order valence-electron chi connectivity index (χ4n) is 2.91. The van der Waals surface area contributed by atoms with E-state index in [-0.39, 0.29) is 0 Å². The van der Waals surface area contributed by atoms with Gasteiger partial charge in [0.05, 0.1) is 4.05 Å². The predicted octanol–water partition coefficient (Wildman–Crippen LogP) is 1.79. The molecule has 2 nitrogen and oxygen atoms in total. The van der Waals surface area contributed by atoms with Crippen molar-refractivity contribution in [3.8, 4) is 0 Å². The number of nitrogens with zero attached hydrogens (tertiary/aromatic N) is 2. The minimum Gasteiger partial charge on any atom is -0.305 e. The molecule has 0 aromatic rings. The lowest BCUT2D eigenvalue weighted by molar-refractivity contribution is -0.0403. The van der Waals surface area contributed by atoms with Crippen LogP contribution in [0.5, 0.6) is 0 Å². The molecule has 0 N–H and O–H groups in total. The Bertz CT molecular complexity index is 182. The van der Waals surface area contributed by atoms with Gasteiger partial charge >= 0.3 is 0 Å². The van der Waals surface area contributed by atoms with E-state index in [0.29, 0.717) is 9.46 Å². The maximum absolute atomic E-state index is 2.64. The van der Waals surface area contributed by atoms with Gasteiger partial charge < -0.3 is 4.90 Å². The molecule has 0 saturated carbocycles. The zero-order valence-corrected chi connectivity index (χ0v) is 10.7. The van der Waals surface area contributed by atoms with E-state index in [1.165, 1.54) is 39.0 Å². The largest absolute Gasteiger partial charge is 0.305 e. The van der Waals surface area contributed by atoms with E-state index in [1.54, 1.807) is 0 Å². The van der Waals surface area contributed by atoms with Crippen molar-refractivity contribution < 1.29 is 0 Å². The van der Waals surface area contributed by atoms with E-state index in [2.05, 4.69) is 46.4 Å². The zero-order chi connectivity index (χ0) is 9.47. The summed E-state index contributed by atoms with van der Waals surface area (Å²) in [7, 11) is 2.23. The molecule has 2 fully saturated rings. The summed E-state index contributed by atoms with van der Waals surface area (Å²) in [6.45, 7) is 7.61. The first-order valence-electron chi connectivity index (χ1n) is 5.18. The van der Waals surface area contributed by atoms with Crippen LogP contribution < -0.4 is 0 Å². The van der Waals surface area contributed by atoms with Gasteiger partial charge in [-0.3, -0.25) is 4.90 Å². The van der Waals surface area contributed by atoms with Gasteiger partial charge in [0.25, 0.3) is 0 Å². The Balaban J connectivity index is 1.93. The molecule has 2 aliphatic rings. The topological polar surface area (TPSA) is 6.48 Å². The third kappa shape index (κ3) is 2.02. The van der Waals surface area contributed by atoms with Gasteiger partial charge in [0.1, 0.15) is 0 Å². The van der Waals surface area contributed by atoms with E-state index in [9.17, 15) is 0 Å². The van der Waals surface area contributed by atoms with Gasteiger partial charge in [0.2, 0.25) is 0 Å². The van der Waals surface area contributed by atoms with Crippen LogP contribution in [0.25, 0.3) is 0 Å². The number of likely N-dealkylation sites (tertiary alicyclic amines) is 2. The summed E-state index contributed by atoms with van der Waals surface area (Å²) in [4.78, 5) is 5.08. The second kappa shape index (κ2) is 3.66. The number of piperidine rings is 1. The number of alkyl halides is 1. The smallest absolute Gasteiger partial charge is 0.0590 e. The zero-order valence-electron chi connectivity index (χ0n) is 8.59. The minimum atomic E-state index is 0.673. The third-order valence-electron chi connectivity index (χ3n) is 3.40. The van der Waals surface area contributed by atoms with Crippen molar-refractivity contribution in [2.45, 2.75) is 23.8 Å². The molecule has 2 aliphatic heterocycles. The summed E-state index contributed by atoms with van der Waals surface area (Å²) in [5.74, 6) is 0. The summed E-state index contributed by atoms with van der Waals surface area (Å²) < 4.78 is 0.709. The Labute approximate surface area is 94.8 Å². The normalized spacial score (nSPS) is 31.6. The highest BCUT2D eigenvalue weighted by molar-refractivity contribution is 14.1. The molecule has 13 heavy (non-hydrogen) atoms. The summed E-state index contributed by atoms with van der Waals surface area (Å²) in [5, 5.41) is 0. The average molecular weight is 294 g/mol. The Morgan fingerprint density at radius 1 is 1.31 bits per heavy atom. The standard InChI is InChI=1S/C10H19IN2/c1-9(11)13-5-3-4-10(8-13)6-12(2)7-10/h9H,3-8H2,1-2H3. The molecule has 1 atom stereocenters. The van der Waals surface area contributed by atoms with Gasteiger partial charge in [-0.15, -0.1) is 0 Å². The van der Waals surface area contributed by atoms with Crippen molar-refractivity contribution in [2.24, 2.45) is 5.41 Å². The van der Waals surface area contributed by atoms with Gasteiger partial charge in [-0.2, -0.15) is 0 Å². The van der Waals surface area contributed by atoms with Crippen molar-refractivity contribution in [3.05, 3.63) is 0 Å². The number of rotatable bonds is 1. The molecule has 0 aromatic heterocycles. The highest BCUT2D eigenvalue weighted by Crippen LogP contribution is 2.38. The Kier molecular flexibility index (Phi) is 2.87. The van der Waals surface area contributed by atoms with Gasteiger partial charge in [-0.1, -0.05) is 22.6 Å². The first kappa shape index (κ1) is 10.2. The maximum atomic E-state index is 2.64. The van der Waals surface area contributed by atoms with Gasteiger partial charge in [-0.25, -0.2) is 0 Å². The highest BCUT2D eigenvalue weighted by atomic mass is 127. The first-order valence-corrected chi connectivity index (χ1v) is 6.43. The Hall–Kier alpha value is 0.650. The van der Waals surface area contributed by atoms with Crippen molar-refractivity contribution in [1.29, 1.82) is 0 Å². The quantitative estimate of drug-likeness (QED) is 0.413. The molecule has 0 amide bonds. The fourth-order valence-corrected chi connectivity index (χ4v) is 3.38. The van der Waals surface area contributed by atoms with E-state index in [0.717, 1.165) is 0 Å². The molecule has 1 spiro atoms. The van der Waals surface area contributed by atoms with E-state index >= 15 is 0 Å². The van der Waals surface area contributed by atoms with Crippen molar-refractivity contribution in [1.82, 2.24) is 9.80 Å². The van der Waals surface area contributed by atoms with E-state index in [1.807, 2.05) is 0 Å². The van der Waals surface area contributed by atoms with E-state index < -0.39 is 0 Å². The highest BCUT2D eigenvalue weighted by Gasteiger charge is 2.44. The van der Waals surface area contributed by atoms with Crippen LogP contribution >= 0.6 is 22.6 Å². The fraction of sp³-hybridized carbons (Fsp3) is 1.00. The molecular formula is C10H19IN2. The Morgan fingerprint density at radius 2 is 2.00 bits per heavy atom. The summed E-state index contributed by atoms with van der Waals surface area (Å²) in [6.07, 6.45) is 2.86. The monoisotopic (exact) mass is 294 g/mol. The van der Waals surface area contributed by atoms with Crippen LogP contribution in [0.1, 0.15) is 19.8 Å². The summed E-state index contributed by atoms with van der Waals surface area (Å²) >= 11 is 2.54. The predicted molar refractivity (Wildman–Crippen MR) is 64.2 cm³/mol. The Morgan fingerprint density at radius 3 is 2.54 bits per heavy atom. The average Bonchev–Trinajstić information content (AvgIpc) is 2.02. The lowest BCUT2D eigenvalue weighted by atomic mass is 9.74. The molecule has 2 rings (SSSR count). The molecule has 0 aromatic carbocycles. The van der Waals surface area contributed by atoms with Crippen LogP contribution in [0.15, 0.2) is 0 Å². The lowest BCUT2D eigenvalue weighted by Crippen LogP contribution is -2.62. The summed E-state index contributed by atoms with van der Waals surface area (Å²) in [5.41, 5.74) is 0.673. The number of hydrogen-bond acceptors (Lipinski definition) is 2. The summed E-state index contributed by atoms with van der Waals surface area (Å²) in [6, 6.07) is 0. The molecule has 0 bridgehead atoms. The van der Waals surface area contributed by atoms with Crippen LogP contribution in [0.2, 0.25) is 0 Å². The van der Waals surface area contributed by atoms with Crippen molar-refractivity contribution in [2.75, 3.05) is 33.2 Å². The maximum Gasteiger partial charge on any atom is 0.0590 e. The van der Waals surface area contributed by atoms with Crippen LogP contribution in [-0.4, -0.2) is 47.1 Å². The molecular weight excluding hydrogens is 275 g/mol. The minimum absolute atomic E-state index is 0.673. The molecule has 3 heteroatoms. The molecule has 1 unspecified atom stereocenters. The van der Waals surface area contributed by atoms with Crippen LogP contribution in [0.3, 0.4) is 0 Å². The van der Waals surface area contributed by atoms with E-state index in [4.69, 9.17) is 0 Å².